The number of piperazine rings is 1. The average molecular weight is 332 g/mol. The molecule has 2 rings (SSSR count). The molecule has 2 nitrogen and oxygen atoms in total. The Morgan fingerprint density at radius 3 is 2.83 bits per heavy atom. The lowest BCUT2D eigenvalue weighted by Crippen LogP contribution is -2.56. The molecule has 2 atom stereocenters. The van der Waals surface area contributed by atoms with E-state index in [0.29, 0.717) is 12.1 Å². The summed E-state index contributed by atoms with van der Waals surface area (Å²) in [4.78, 5) is 2.49. The van der Waals surface area contributed by atoms with E-state index < -0.39 is 0 Å². The van der Waals surface area contributed by atoms with Gasteiger partial charge in [0.25, 0.3) is 0 Å². The van der Waals surface area contributed by atoms with Crippen molar-refractivity contribution in [2.45, 2.75) is 38.8 Å². The Hall–Kier alpha value is -0.250. The van der Waals surface area contributed by atoms with Gasteiger partial charge in [0.2, 0.25) is 0 Å². The molecule has 1 aromatic carbocycles. The predicted octanol–water partition coefficient (Wildman–Crippen LogP) is 4.07. The standard InChI is InChI=1S/C14H20BrClN2/c1-3-10-9-18(11(4-2)8-17-10)13-7-5-6-12(16)14(13)15/h5-7,10-11,17H,3-4,8-9H2,1-2H3. The first kappa shape index (κ1) is 14.2. The molecule has 1 heterocycles. The maximum Gasteiger partial charge on any atom is 0.0595 e. The number of anilines is 1. The van der Waals surface area contributed by atoms with Gasteiger partial charge in [0.15, 0.2) is 0 Å². The summed E-state index contributed by atoms with van der Waals surface area (Å²) in [6.07, 6.45) is 2.30. The van der Waals surface area contributed by atoms with Gasteiger partial charge < -0.3 is 10.2 Å². The van der Waals surface area contributed by atoms with Gasteiger partial charge in [-0.05, 0) is 40.9 Å². The zero-order chi connectivity index (χ0) is 13.1. The van der Waals surface area contributed by atoms with Gasteiger partial charge in [-0.15, -0.1) is 0 Å². The topological polar surface area (TPSA) is 15.3 Å². The van der Waals surface area contributed by atoms with Crippen LogP contribution in [0.15, 0.2) is 22.7 Å². The van der Waals surface area contributed by atoms with Crippen LogP contribution in [0.3, 0.4) is 0 Å². The Bertz CT molecular complexity index is 411. The second kappa shape index (κ2) is 6.27. The molecule has 0 aliphatic carbocycles. The van der Waals surface area contributed by atoms with E-state index in [2.05, 4.69) is 46.1 Å². The molecule has 1 aromatic rings. The Morgan fingerprint density at radius 2 is 2.17 bits per heavy atom. The molecule has 4 heteroatoms. The second-order valence-corrected chi connectivity index (χ2v) is 6.00. The van der Waals surface area contributed by atoms with E-state index in [1.165, 1.54) is 5.69 Å². The van der Waals surface area contributed by atoms with Crippen molar-refractivity contribution in [2.24, 2.45) is 0 Å². The van der Waals surface area contributed by atoms with E-state index in [1.54, 1.807) is 0 Å². The van der Waals surface area contributed by atoms with Crippen molar-refractivity contribution in [3.63, 3.8) is 0 Å². The fraction of sp³-hybridized carbons (Fsp3) is 0.571. The summed E-state index contributed by atoms with van der Waals surface area (Å²) < 4.78 is 1.02. The molecule has 1 aliphatic heterocycles. The maximum absolute atomic E-state index is 6.21. The third kappa shape index (κ3) is 2.84. The van der Waals surface area contributed by atoms with E-state index in [1.807, 2.05) is 12.1 Å². The van der Waals surface area contributed by atoms with Crippen LogP contribution < -0.4 is 10.2 Å². The van der Waals surface area contributed by atoms with Crippen molar-refractivity contribution in [3.8, 4) is 0 Å². The van der Waals surface area contributed by atoms with Crippen molar-refractivity contribution < 1.29 is 0 Å². The van der Waals surface area contributed by atoms with Crippen molar-refractivity contribution in [1.82, 2.24) is 5.32 Å². The normalized spacial score (nSPS) is 24.3. The van der Waals surface area contributed by atoms with E-state index in [9.17, 15) is 0 Å². The third-order valence-electron chi connectivity index (χ3n) is 3.70. The van der Waals surface area contributed by atoms with Gasteiger partial charge in [0.05, 0.1) is 15.2 Å². The highest BCUT2D eigenvalue weighted by molar-refractivity contribution is 9.10. The van der Waals surface area contributed by atoms with Crippen LogP contribution in [0, 0.1) is 0 Å². The van der Waals surface area contributed by atoms with Gasteiger partial charge >= 0.3 is 0 Å². The third-order valence-corrected chi connectivity index (χ3v) is 5.08. The van der Waals surface area contributed by atoms with Crippen molar-refractivity contribution in [3.05, 3.63) is 27.7 Å². The highest BCUT2D eigenvalue weighted by atomic mass is 79.9. The SMILES string of the molecule is CCC1CN(c2cccc(Cl)c2Br)C(CC)CN1. The van der Waals surface area contributed by atoms with Gasteiger partial charge in [-0.3, -0.25) is 0 Å². The lowest BCUT2D eigenvalue weighted by molar-refractivity contribution is 0.378. The monoisotopic (exact) mass is 330 g/mol. The van der Waals surface area contributed by atoms with Gasteiger partial charge in [-0.1, -0.05) is 31.5 Å². The summed E-state index contributed by atoms with van der Waals surface area (Å²) in [7, 11) is 0. The molecular weight excluding hydrogens is 312 g/mol. The van der Waals surface area contributed by atoms with E-state index >= 15 is 0 Å². The van der Waals surface area contributed by atoms with Crippen LogP contribution in [0.1, 0.15) is 26.7 Å². The van der Waals surface area contributed by atoms with Crippen LogP contribution >= 0.6 is 27.5 Å². The Balaban J connectivity index is 2.29. The van der Waals surface area contributed by atoms with Gasteiger partial charge in [-0.2, -0.15) is 0 Å². The highest BCUT2D eigenvalue weighted by Gasteiger charge is 2.27. The molecule has 1 fully saturated rings. The van der Waals surface area contributed by atoms with E-state index in [-0.39, 0.29) is 0 Å². The minimum atomic E-state index is 0.544. The Morgan fingerprint density at radius 1 is 1.39 bits per heavy atom. The quantitative estimate of drug-likeness (QED) is 0.898. The lowest BCUT2D eigenvalue weighted by atomic mass is 10.0. The van der Waals surface area contributed by atoms with Crippen LogP contribution in [0.5, 0.6) is 0 Å². The minimum Gasteiger partial charge on any atom is -0.365 e. The average Bonchev–Trinajstić information content (AvgIpc) is 2.41. The second-order valence-electron chi connectivity index (χ2n) is 4.80. The van der Waals surface area contributed by atoms with Crippen LogP contribution in [-0.4, -0.2) is 25.2 Å². The highest BCUT2D eigenvalue weighted by Crippen LogP contribution is 2.35. The summed E-state index contributed by atoms with van der Waals surface area (Å²) in [6.45, 7) is 6.57. The number of hydrogen-bond acceptors (Lipinski definition) is 2. The molecule has 0 saturated carbocycles. The van der Waals surface area contributed by atoms with Crippen molar-refractivity contribution in [1.29, 1.82) is 0 Å². The summed E-state index contributed by atoms with van der Waals surface area (Å²) >= 11 is 9.83. The van der Waals surface area contributed by atoms with Gasteiger partial charge in [0, 0.05) is 25.2 Å². The van der Waals surface area contributed by atoms with Crippen LogP contribution in [-0.2, 0) is 0 Å². The number of rotatable bonds is 3. The summed E-state index contributed by atoms with van der Waals surface area (Å²) in [5, 5.41) is 4.40. The molecule has 0 amide bonds. The molecular formula is C14H20BrClN2. The molecule has 0 radical (unpaired) electrons. The molecule has 1 aliphatic rings. The molecule has 0 aromatic heterocycles. The zero-order valence-electron chi connectivity index (χ0n) is 10.9. The lowest BCUT2D eigenvalue weighted by Gasteiger charge is -2.42. The zero-order valence-corrected chi connectivity index (χ0v) is 13.3. The molecule has 1 saturated heterocycles. The van der Waals surface area contributed by atoms with Crippen LogP contribution in [0.25, 0.3) is 0 Å². The van der Waals surface area contributed by atoms with Crippen LogP contribution in [0.2, 0.25) is 5.02 Å². The molecule has 100 valence electrons. The number of hydrogen-bond donors (Lipinski definition) is 1. The first-order chi connectivity index (χ1) is 8.67. The van der Waals surface area contributed by atoms with Crippen molar-refractivity contribution in [2.75, 3.05) is 18.0 Å². The number of nitrogens with zero attached hydrogens (tertiary/aromatic N) is 1. The largest absolute Gasteiger partial charge is 0.365 e. The van der Waals surface area contributed by atoms with E-state index in [0.717, 1.165) is 35.4 Å². The van der Waals surface area contributed by atoms with Crippen LogP contribution in [0.4, 0.5) is 5.69 Å². The molecule has 0 spiro atoms. The van der Waals surface area contributed by atoms with Gasteiger partial charge in [0.1, 0.15) is 0 Å². The number of nitrogens with one attached hydrogen (secondary N) is 1. The maximum atomic E-state index is 6.21. The van der Waals surface area contributed by atoms with Gasteiger partial charge in [-0.25, -0.2) is 0 Å². The number of benzene rings is 1. The summed E-state index contributed by atoms with van der Waals surface area (Å²) in [5.74, 6) is 0. The smallest absolute Gasteiger partial charge is 0.0595 e. The Labute approximate surface area is 123 Å². The summed E-state index contributed by atoms with van der Waals surface area (Å²) in [6, 6.07) is 7.21. The van der Waals surface area contributed by atoms with Crippen molar-refractivity contribution >= 4 is 33.2 Å². The molecule has 18 heavy (non-hydrogen) atoms. The molecule has 1 N–H and O–H groups in total. The Kier molecular flexibility index (Phi) is 4.93. The fourth-order valence-electron chi connectivity index (χ4n) is 2.51. The number of halogens is 2. The fourth-order valence-corrected chi connectivity index (χ4v) is 3.17. The first-order valence-electron chi connectivity index (χ1n) is 6.61. The summed E-state index contributed by atoms with van der Waals surface area (Å²) in [5.41, 5.74) is 1.22. The molecule has 0 bridgehead atoms. The predicted molar refractivity (Wildman–Crippen MR) is 82.7 cm³/mol. The molecule has 2 unspecified atom stereocenters. The van der Waals surface area contributed by atoms with E-state index in [4.69, 9.17) is 11.6 Å². The minimum absolute atomic E-state index is 0.544. The first-order valence-corrected chi connectivity index (χ1v) is 7.78.